The van der Waals surface area contributed by atoms with E-state index in [9.17, 15) is 9.18 Å². The molecule has 0 spiro atoms. The van der Waals surface area contributed by atoms with Crippen LogP contribution in [0.1, 0.15) is 25.1 Å². The summed E-state index contributed by atoms with van der Waals surface area (Å²) in [6, 6.07) is 7.17. The minimum atomic E-state index is -0.670. The number of halogens is 1. The largest absolute Gasteiger partial charge is 0.383 e. The van der Waals surface area contributed by atoms with E-state index in [0.29, 0.717) is 5.69 Å². The lowest BCUT2D eigenvalue weighted by Crippen LogP contribution is -2.43. The lowest BCUT2D eigenvalue weighted by molar-refractivity contribution is 0.229. The van der Waals surface area contributed by atoms with Crippen molar-refractivity contribution in [2.24, 2.45) is 0 Å². The molecular weight excluding hydrogens is 259 g/mol. The third-order valence-electron chi connectivity index (χ3n) is 3.04. The van der Waals surface area contributed by atoms with Gasteiger partial charge in [-0.15, -0.1) is 0 Å². The Morgan fingerprint density at radius 1 is 1.35 bits per heavy atom. The second-order valence-electron chi connectivity index (χ2n) is 5.18. The normalized spacial score (nSPS) is 11.4. The van der Waals surface area contributed by atoms with Crippen molar-refractivity contribution in [1.82, 2.24) is 15.1 Å². The maximum Gasteiger partial charge on any atom is 0.344 e. The van der Waals surface area contributed by atoms with Gasteiger partial charge in [0.25, 0.3) is 0 Å². The quantitative estimate of drug-likeness (QED) is 0.884. The molecule has 0 radical (unpaired) electrons. The van der Waals surface area contributed by atoms with Crippen LogP contribution in [0.5, 0.6) is 0 Å². The molecule has 5 nitrogen and oxygen atoms in total. The number of nitrogens with one attached hydrogen (secondary N) is 1. The number of nitrogens with two attached hydrogens (primary N) is 1. The van der Waals surface area contributed by atoms with Crippen LogP contribution in [-0.4, -0.2) is 15.8 Å². The Morgan fingerprint density at radius 3 is 2.45 bits per heavy atom. The predicted octanol–water partition coefficient (Wildman–Crippen LogP) is 2.41. The zero-order chi connectivity index (χ0) is 14.9. The Bertz CT molecular complexity index is 631. The van der Waals surface area contributed by atoms with Crippen LogP contribution in [0, 0.1) is 12.7 Å². The van der Waals surface area contributed by atoms with Crippen LogP contribution in [0.15, 0.2) is 30.3 Å². The molecule has 1 aromatic heterocycles. The SMILES string of the molecule is Cc1cc(N)n(C(=O)NC(C)(C)c2ccc(F)cc2)n1. The van der Waals surface area contributed by atoms with Crippen LogP contribution in [0.2, 0.25) is 0 Å². The van der Waals surface area contributed by atoms with Gasteiger partial charge in [0.1, 0.15) is 11.6 Å². The summed E-state index contributed by atoms with van der Waals surface area (Å²) in [5.74, 6) is -0.0438. The topological polar surface area (TPSA) is 72.9 Å². The molecule has 6 heteroatoms. The molecule has 0 aliphatic carbocycles. The lowest BCUT2D eigenvalue weighted by atomic mass is 9.94. The predicted molar refractivity (Wildman–Crippen MR) is 74.7 cm³/mol. The molecule has 20 heavy (non-hydrogen) atoms. The van der Waals surface area contributed by atoms with E-state index < -0.39 is 11.6 Å². The van der Waals surface area contributed by atoms with Crippen molar-refractivity contribution in [2.45, 2.75) is 26.3 Å². The smallest absolute Gasteiger partial charge is 0.344 e. The Morgan fingerprint density at radius 2 is 1.95 bits per heavy atom. The van der Waals surface area contributed by atoms with E-state index in [1.165, 1.54) is 12.1 Å². The molecule has 2 rings (SSSR count). The van der Waals surface area contributed by atoms with E-state index in [-0.39, 0.29) is 11.6 Å². The minimum Gasteiger partial charge on any atom is -0.383 e. The zero-order valence-electron chi connectivity index (χ0n) is 11.6. The number of hydrogen-bond acceptors (Lipinski definition) is 3. The third-order valence-corrected chi connectivity index (χ3v) is 3.04. The Hall–Kier alpha value is -2.37. The highest BCUT2D eigenvalue weighted by molar-refractivity contribution is 5.79. The van der Waals surface area contributed by atoms with Gasteiger partial charge in [0.05, 0.1) is 11.2 Å². The van der Waals surface area contributed by atoms with Crippen LogP contribution >= 0.6 is 0 Å². The molecule has 2 aromatic rings. The van der Waals surface area contributed by atoms with Crippen molar-refractivity contribution in [3.63, 3.8) is 0 Å². The van der Waals surface area contributed by atoms with Gasteiger partial charge in [0.15, 0.2) is 0 Å². The average Bonchev–Trinajstić information content (AvgIpc) is 2.68. The summed E-state index contributed by atoms with van der Waals surface area (Å²) in [7, 11) is 0. The van der Waals surface area contributed by atoms with Crippen molar-refractivity contribution in [3.05, 3.63) is 47.4 Å². The van der Waals surface area contributed by atoms with Gasteiger partial charge in [-0.05, 0) is 38.5 Å². The number of anilines is 1. The molecule has 0 aliphatic heterocycles. The summed E-state index contributed by atoms with van der Waals surface area (Å²) in [5.41, 5.74) is 6.49. The average molecular weight is 276 g/mol. The van der Waals surface area contributed by atoms with Gasteiger partial charge < -0.3 is 11.1 Å². The van der Waals surface area contributed by atoms with Crippen LogP contribution in [0.4, 0.5) is 15.0 Å². The molecule has 0 bridgehead atoms. The van der Waals surface area contributed by atoms with Crippen molar-refractivity contribution in [3.8, 4) is 0 Å². The number of carbonyl (C=O) groups is 1. The molecule has 0 aliphatic rings. The highest BCUT2D eigenvalue weighted by atomic mass is 19.1. The fraction of sp³-hybridized carbons (Fsp3) is 0.286. The standard InChI is InChI=1S/C14H17FN4O/c1-9-8-12(16)19(18-9)13(20)17-14(2,3)10-4-6-11(15)7-5-10/h4-8H,16H2,1-3H3,(H,17,20). The Balaban J connectivity index is 2.21. The van der Waals surface area contributed by atoms with Gasteiger partial charge in [-0.1, -0.05) is 12.1 Å². The molecule has 0 fully saturated rings. The van der Waals surface area contributed by atoms with E-state index in [1.54, 1.807) is 25.1 Å². The van der Waals surface area contributed by atoms with Gasteiger partial charge in [-0.25, -0.2) is 9.18 Å². The molecule has 0 saturated heterocycles. The van der Waals surface area contributed by atoms with Crippen molar-refractivity contribution >= 4 is 11.8 Å². The summed E-state index contributed by atoms with van der Waals surface area (Å²) in [6.45, 7) is 5.40. The summed E-state index contributed by atoms with van der Waals surface area (Å²) >= 11 is 0. The number of aryl methyl sites for hydroxylation is 1. The van der Waals surface area contributed by atoms with Crippen molar-refractivity contribution in [1.29, 1.82) is 0 Å². The van der Waals surface area contributed by atoms with Crippen LogP contribution in [-0.2, 0) is 5.54 Å². The van der Waals surface area contributed by atoms with Gasteiger partial charge in [0, 0.05) is 6.07 Å². The van der Waals surface area contributed by atoms with Gasteiger partial charge in [-0.3, -0.25) is 0 Å². The number of hydrogen-bond donors (Lipinski definition) is 2. The maximum absolute atomic E-state index is 12.9. The second-order valence-corrected chi connectivity index (χ2v) is 5.18. The third kappa shape index (κ3) is 2.79. The van der Waals surface area contributed by atoms with Gasteiger partial charge in [0.2, 0.25) is 0 Å². The number of rotatable bonds is 2. The lowest BCUT2D eigenvalue weighted by Gasteiger charge is -2.26. The van der Waals surface area contributed by atoms with E-state index in [2.05, 4.69) is 10.4 Å². The summed E-state index contributed by atoms with van der Waals surface area (Å²) in [4.78, 5) is 12.2. The van der Waals surface area contributed by atoms with Crippen LogP contribution in [0.3, 0.4) is 0 Å². The maximum atomic E-state index is 12.9. The number of carbonyl (C=O) groups excluding carboxylic acids is 1. The number of nitrogen functional groups attached to an aromatic ring is 1. The van der Waals surface area contributed by atoms with E-state index in [4.69, 9.17) is 5.73 Å². The van der Waals surface area contributed by atoms with Crippen molar-refractivity contribution in [2.75, 3.05) is 5.73 Å². The van der Waals surface area contributed by atoms with Crippen LogP contribution in [0.25, 0.3) is 0 Å². The molecule has 0 unspecified atom stereocenters. The monoisotopic (exact) mass is 276 g/mol. The van der Waals surface area contributed by atoms with Crippen LogP contribution < -0.4 is 11.1 Å². The molecule has 1 amide bonds. The van der Waals surface area contributed by atoms with Crippen molar-refractivity contribution < 1.29 is 9.18 Å². The summed E-state index contributed by atoms with van der Waals surface area (Å²) < 4.78 is 14.1. The molecule has 0 saturated carbocycles. The van der Waals surface area contributed by atoms with E-state index in [1.807, 2.05) is 13.8 Å². The summed E-state index contributed by atoms with van der Waals surface area (Å²) in [6.07, 6.45) is 0. The van der Waals surface area contributed by atoms with E-state index >= 15 is 0 Å². The zero-order valence-corrected chi connectivity index (χ0v) is 11.6. The first-order chi connectivity index (χ1) is 9.29. The minimum absolute atomic E-state index is 0.273. The highest BCUT2D eigenvalue weighted by Gasteiger charge is 2.24. The first-order valence-corrected chi connectivity index (χ1v) is 6.20. The number of aromatic nitrogens is 2. The van der Waals surface area contributed by atoms with Gasteiger partial charge in [-0.2, -0.15) is 9.78 Å². The first kappa shape index (κ1) is 14.0. The molecule has 1 heterocycles. The first-order valence-electron chi connectivity index (χ1n) is 6.20. The van der Waals surface area contributed by atoms with E-state index in [0.717, 1.165) is 10.2 Å². The molecular formula is C14H17FN4O. The number of amides is 1. The molecule has 0 atom stereocenters. The Kier molecular flexibility index (Phi) is 3.48. The fourth-order valence-electron chi connectivity index (χ4n) is 1.94. The fourth-order valence-corrected chi connectivity index (χ4v) is 1.94. The second kappa shape index (κ2) is 4.96. The van der Waals surface area contributed by atoms with Gasteiger partial charge >= 0.3 is 6.03 Å². The number of nitrogens with zero attached hydrogens (tertiary/aromatic N) is 2. The molecule has 1 aromatic carbocycles. The highest BCUT2D eigenvalue weighted by Crippen LogP contribution is 2.20. The molecule has 3 N–H and O–H groups in total. The molecule has 106 valence electrons. The number of benzene rings is 1. The Labute approximate surface area is 116 Å². The summed E-state index contributed by atoms with van der Waals surface area (Å²) in [5, 5.41) is 6.84.